The lowest BCUT2D eigenvalue weighted by Gasteiger charge is -2.27. The van der Waals surface area contributed by atoms with E-state index in [4.69, 9.17) is 5.26 Å². The molecule has 35 heavy (non-hydrogen) atoms. The van der Waals surface area contributed by atoms with Crippen molar-refractivity contribution in [1.29, 1.82) is 5.26 Å². The third kappa shape index (κ3) is 8.67. The van der Waals surface area contributed by atoms with Gasteiger partial charge in [-0.1, -0.05) is 36.4 Å². The van der Waals surface area contributed by atoms with Crippen LogP contribution in [0.4, 0.5) is 26.3 Å². The average Bonchev–Trinajstić information content (AvgIpc) is 2.75. The molecule has 2 atom stereocenters. The number of hydrogen-bond donors (Lipinski definition) is 1. The number of nitriles is 1. The van der Waals surface area contributed by atoms with E-state index in [-0.39, 0.29) is 16.9 Å². The number of halogens is 6. The molecule has 0 aliphatic carbocycles. The van der Waals surface area contributed by atoms with Gasteiger partial charge >= 0.3 is 12.4 Å². The average molecular weight is 520 g/mol. The fourth-order valence-corrected chi connectivity index (χ4v) is 3.97. The summed E-state index contributed by atoms with van der Waals surface area (Å²) >= 11 is 0. The Morgan fingerprint density at radius 1 is 0.971 bits per heavy atom. The first kappa shape index (κ1) is 28.3. The highest BCUT2D eigenvalue weighted by Crippen LogP contribution is 2.35. The van der Waals surface area contributed by atoms with E-state index in [1.807, 2.05) is 5.32 Å². The quantitative estimate of drug-likeness (QED) is 0.416. The zero-order valence-electron chi connectivity index (χ0n) is 18.4. The van der Waals surface area contributed by atoms with Gasteiger partial charge in [-0.2, -0.15) is 31.6 Å². The maximum atomic E-state index is 13.8. The molecule has 0 heterocycles. The van der Waals surface area contributed by atoms with Crippen LogP contribution in [0.1, 0.15) is 37.3 Å². The second kappa shape index (κ2) is 11.2. The monoisotopic (exact) mass is 520 g/mol. The van der Waals surface area contributed by atoms with Gasteiger partial charge in [0.15, 0.2) is 15.6 Å². The molecule has 0 aliphatic heterocycles. The Hall–Kier alpha value is -2.91. The number of alkyl halides is 6. The largest absolute Gasteiger partial charge is 0.407 e. The summed E-state index contributed by atoms with van der Waals surface area (Å²) in [4.78, 5) is 12.3. The molecule has 12 heteroatoms. The van der Waals surface area contributed by atoms with Crippen molar-refractivity contribution in [3.63, 3.8) is 0 Å². The molecule has 0 saturated heterocycles. The number of Topliss-reactive ketones (excluding diaryl/α,β-unsaturated/α-hetero) is 1. The summed E-state index contributed by atoms with van der Waals surface area (Å²) in [7, 11) is -3.42. The molecule has 190 valence electrons. The SMILES string of the molecule is CS(=O)(=O)c1ccc(-c2ccc([C@H](N[C@@H](CCC(F)(F)F)C(=O)CCC#N)C(F)(F)F)cc2)cc1. The molecule has 0 spiro atoms. The molecule has 0 aliphatic rings. The summed E-state index contributed by atoms with van der Waals surface area (Å²) in [6.07, 6.45) is -11.7. The molecule has 0 amide bonds. The molecule has 0 unspecified atom stereocenters. The maximum absolute atomic E-state index is 13.8. The molecule has 2 aromatic rings. The van der Waals surface area contributed by atoms with Crippen LogP contribution in [0.5, 0.6) is 0 Å². The highest BCUT2D eigenvalue weighted by atomic mass is 32.2. The fourth-order valence-electron chi connectivity index (χ4n) is 3.34. The van der Waals surface area contributed by atoms with Crippen LogP contribution in [-0.4, -0.2) is 38.9 Å². The molecule has 0 aromatic heterocycles. The number of benzene rings is 2. The van der Waals surface area contributed by atoms with E-state index >= 15 is 0 Å². The van der Waals surface area contributed by atoms with Gasteiger partial charge in [0, 0.05) is 25.5 Å². The van der Waals surface area contributed by atoms with Crippen LogP contribution < -0.4 is 5.32 Å². The standard InChI is InChI=1S/C23H22F6N2O3S/c1-35(33,34)18-10-8-16(9-11-18)15-4-6-17(7-5-15)21(23(27,28)29)31-19(12-13-22(24,25)26)20(32)3-2-14-30/h4-11,19,21,31H,2-3,12-13H2,1H3/t19-,21-/m0/s1. The zero-order valence-corrected chi connectivity index (χ0v) is 19.3. The third-order valence-electron chi connectivity index (χ3n) is 5.14. The van der Waals surface area contributed by atoms with Gasteiger partial charge in [0.05, 0.1) is 17.0 Å². The summed E-state index contributed by atoms with van der Waals surface area (Å²) in [6, 6.07) is 8.15. The summed E-state index contributed by atoms with van der Waals surface area (Å²) in [5.41, 5.74) is 0.697. The van der Waals surface area contributed by atoms with E-state index in [0.29, 0.717) is 11.1 Å². The summed E-state index contributed by atoms with van der Waals surface area (Å²) in [5, 5.41) is 10.6. The second-order valence-electron chi connectivity index (χ2n) is 7.89. The normalized spacial score (nSPS) is 14.2. The van der Waals surface area contributed by atoms with Crippen molar-refractivity contribution in [2.24, 2.45) is 0 Å². The molecule has 0 radical (unpaired) electrons. The summed E-state index contributed by atoms with van der Waals surface area (Å²) in [5.74, 6) is -0.910. The minimum atomic E-state index is -4.93. The smallest absolute Gasteiger partial charge is 0.298 e. The lowest BCUT2D eigenvalue weighted by atomic mass is 9.97. The van der Waals surface area contributed by atoms with Crippen LogP contribution in [0.15, 0.2) is 53.4 Å². The minimum absolute atomic E-state index is 0.0742. The molecular weight excluding hydrogens is 498 g/mol. The van der Waals surface area contributed by atoms with Gasteiger partial charge in [-0.05, 0) is 35.2 Å². The summed E-state index contributed by atoms with van der Waals surface area (Å²) in [6.45, 7) is 0. The van der Waals surface area contributed by atoms with E-state index in [9.17, 15) is 39.6 Å². The molecule has 1 N–H and O–H groups in total. The Morgan fingerprint density at radius 3 is 1.91 bits per heavy atom. The highest BCUT2D eigenvalue weighted by molar-refractivity contribution is 7.90. The number of carbonyl (C=O) groups excluding carboxylic acids is 1. The number of carbonyl (C=O) groups is 1. The predicted molar refractivity (Wildman–Crippen MR) is 116 cm³/mol. The van der Waals surface area contributed by atoms with Crippen LogP contribution in [0.2, 0.25) is 0 Å². The number of rotatable bonds is 10. The first-order valence-corrected chi connectivity index (χ1v) is 12.2. The van der Waals surface area contributed by atoms with Gasteiger partial charge in [0.2, 0.25) is 0 Å². The van der Waals surface area contributed by atoms with Crippen molar-refractivity contribution in [3.8, 4) is 17.2 Å². The Morgan fingerprint density at radius 2 is 1.49 bits per heavy atom. The van der Waals surface area contributed by atoms with Crippen LogP contribution in [-0.2, 0) is 14.6 Å². The van der Waals surface area contributed by atoms with Gasteiger partial charge in [-0.15, -0.1) is 0 Å². The molecule has 0 saturated carbocycles. The molecule has 0 bridgehead atoms. The lowest BCUT2D eigenvalue weighted by molar-refractivity contribution is -0.162. The van der Waals surface area contributed by atoms with Crippen molar-refractivity contribution in [1.82, 2.24) is 5.32 Å². The van der Waals surface area contributed by atoms with Gasteiger partial charge < -0.3 is 0 Å². The number of ketones is 1. The molecule has 2 aromatic carbocycles. The predicted octanol–water partition coefficient (Wildman–Crippen LogP) is 5.53. The Bertz CT molecular complexity index is 1150. The van der Waals surface area contributed by atoms with Gasteiger partial charge in [0.1, 0.15) is 6.04 Å². The number of nitrogens with zero attached hydrogens (tertiary/aromatic N) is 1. The van der Waals surface area contributed by atoms with Crippen LogP contribution >= 0.6 is 0 Å². The Labute approximate surface area is 198 Å². The lowest BCUT2D eigenvalue weighted by Crippen LogP contribution is -2.45. The first-order chi connectivity index (χ1) is 16.1. The van der Waals surface area contributed by atoms with Crippen molar-refractivity contribution in [2.45, 2.75) is 55.0 Å². The van der Waals surface area contributed by atoms with Crippen molar-refractivity contribution in [3.05, 3.63) is 54.1 Å². The second-order valence-corrected chi connectivity index (χ2v) is 9.91. The van der Waals surface area contributed by atoms with Crippen LogP contribution in [0.3, 0.4) is 0 Å². The molecule has 0 fully saturated rings. The number of nitrogens with one attached hydrogen (secondary N) is 1. The van der Waals surface area contributed by atoms with E-state index in [2.05, 4.69) is 0 Å². The maximum Gasteiger partial charge on any atom is 0.407 e. The highest BCUT2D eigenvalue weighted by Gasteiger charge is 2.43. The fraction of sp³-hybridized carbons (Fsp3) is 0.391. The van der Waals surface area contributed by atoms with Crippen molar-refractivity contribution < 1.29 is 39.6 Å². The molecule has 2 rings (SSSR count). The van der Waals surface area contributed by atoms with Gasteiger partial charge in [0.25, 0.3) is 0 Å². The van der Waals surface area contributed by atoms with Crippen molar-refractivity contribution in [2.75, 3.05) is 6.26 Å². The van der Waals surface area contributed by atoms with Crippen LogP contribution in [0.25, 0.3) is 11.1 Å². The minimum Gasteiger partial charge on any atom is -0.298 e. The number of hydrogen-bond acceptors (Lipinski definition) is 5. The first-order valence-electron chi connectivity index (χ1n) is 10.3. The third-order valence-corrected chi connectivity index (χ3v) is 6.27. The molecular formula is C23H22F6N2O3S. The summed E-state index contributed by atoms with van der Waals surface area (Å²) < 4.78 is 103. The van der Waals surface area contributed by atoms with Crippen molar-refractivity contribution >= 4 is 15.6 Å². The van der Waals surface area contributed by atoms with Gasteiger partial charge in [-0.25, -0.2) is 8.42 Å². The van der Waals surface area contributed by atoms with E-state index in [1.165, 1.54) is 36.4 Å². The Balaban J connectivity index is 2.31. The molecule has 5 nitrogen and oxygen atoms in total. The number of sulfone groups is 1. The van der Waals surface area contributed by atoms with E-state index in [1.54, 1.807) is 6.07 Å². The topological polar surface area (TPSA) is 87.0 Å². The van der Waals surface area contributed by atoms with E-state index < -0.39 is 59.3 Å². The van der Waals surface area contributed by atoms with Gasteiger partial charge in [-0.3, -0.25) is 10.1 Å². The zero-order chi connectivity index (χ0) is 26.4. The Kier molecular flexibility index (Phi) is 9.08. The van der Waals surface area contributed by atoms with E-state index in [0.717, 1.165) is 18.4 Å². The van der Waals surface area contributed by atoms with Crippen LogP contribution in [0, 0.1) is 11.3 Å².